The van der Waals surface area contributed by atoms with Crippen molar-refractivity contribution in [2.45, 2.75) is 38.7 Å². The summed E-state index contributed by atoms with van der Waals surface area (Å²) in [4.78, 5) is 0. The molecule has 2 nitrogen and oxygen atoms in total. The van der Waals surface area contributed by atoms with Crippen molar-refractivity contribution in [3.63, 3.8) is 0 Å². The molecule has 0 spiro atoms. The van der Waals surface area contributed by atoms with Crippen LogP contribution in [0.4, 0.5) is 0 Å². The van der Waals surface area contributed by atoms with Crippen LogP contribution in [0.25, 0.3) is 0 Å². The van der Waals surface area contributed by atoms with E-state index in [9.17, 15) is 5.11 Å². The Bertz CT molecular complexity index is 295. The van der Waals surface area contributed by atoms with Crippen molar-refractivity contribution in [2.75, 3.05) is 6.54 Å². The van der Waals surface area contributed by atoms with E-state index in [4.69, 9.17) is 5.73 Å². The van der Waals surface area contributed by atoms with Crippen LogP contribution >= 0.6 is 0 Å². The number of benzene rings is 1. The summed E-state index contributed by atoms with van der Waals surface area (Å²) in [5, 5.41) is 10.7. The Morgan fingerprint density at radius 1 is 1.25 bits per heavy atom. The summed E-state index contributed by atoms with van der Waals surface area (Å²) < 4.78 is 0. The van der Waals surface area contributed by atoms with Crippen LogP contribution in [-0.4, -0.2) is 17.3 Å². The van der Waals surface area contributed by atoms with Gasteiger partial charge in [0.15, 0.2) is 0 Å². The van der Waals surface area contributed by atoms with E-state index in [-0.39, 0.29) is 5.92 Å². The van der Waals surface area contributed by atoms with Crippen molar-refractivity contribution in [2.24, 2.45) is 11.7 Å². The summed E-state index contributed by atoms with van der Waals surface area (Å²) >= 11 is 0. The highest BCUT2D eigenvalue weighted by atomic mass is 16.3. The van der Waals surface area contributed by atoms with Gasteiger partial charge in [0.2, 0.25) is 0 Å². The second kappa shape index (κ2) is 6.02. The van der Waals surface area contributed by atoms with Gasteiger partial charge in [-0.05, 0) is 30.9 Å². The number of aliphatic hydroxyl groups is 1. The Morgan fingerprint density at radius 2 is 1.88 bits per heavy atom. The smallest absolute Gasteiger partial charge is 0.0725 e. The summed E-state index contributed by atoms with van der Waals surface area (Å²) in [6.45, 7) is 4.66. The maximum atomic E-state index is 10.7. The highest BCUT2D eigenvalue weighted by Gasteiger charge is 2.32. The van der Waals surface area contributed by atoms with Gasteiger partial charge in [0.1, 0.15) is 0 Å². The summed E-state index contributed by atoms with van der Waals surface area (Å²) in [6, 6.07) is 10.1. The predicted molar refractivity (Wildman–Crippen MR) is 68.2 cm³/mol. The van der Waals surface area contributed by atoms with Crippen LogP contribution in [-0.2, 0) is 6.42 Å². The third kappa shape index (κ3) is 3.06. The summed E-state index contributed by atoms with van der Waals surface area (Å²) in [7, 11) is 0. The Kier molecular flexibility index (Phi) is 4.97. The fourth-order valence-corrected chi connectivity index (χ4v) is 2.27. The Hall–Kier alpha value is -0.860. The zero-order valence-electron chi connectivity index (χ0n) is 10.3. The second-order valence-electron chi connectivity index (χ2n) is 4.46. The highest BCUT2D eigenvalue weighted by Crippen LogP contribution is 2.27. The minimum atomic E-state index is -0.662. The first-order valence-corrected chi connectivity index (χ1v) is 6.12. The van der Waals surface area contributed by atoms with E-state index in [2.05, 4.69) is 19.1 Å². The fraction of sp³-hybridized carbons (Fsp3) is 0.571. The zero-order chi connectivity index (χ0) is 12.0. The van der Waals surface area contributed by atoms with Gasteiger partial charge >= 0.3 is 0 Å². The molecule has 2 heteroatoms. The van der Waals surface area contributed by atoms with Crippen molar-refractivity contribution < 1.29 is 5.11 Å². The van der Waals surface area contributed by atoms with Gasteiger partial charge in [0.25, 0.3) is 0 Å². The van der Waals surface area contributed by atoms with E-state index >= 15 is 0 Å². The maximum Gasteiger partial charge on any atom is 0.0725 e. The number of rotatable bonds is 6. The highest BCUT2D eigenvalue weighted by molar-refractivity contribution is 5.17. The molecule has 0 saturated carbocycles. The number of hydrogen-bond donors (Lipinski definition) is 2. The lowest BCUT2D eigenvalue weighted by molar-refractivity contribution is -0.0202. The van der Waals surface area contributed by atoms with Crippen LogP contribution < -0.4 is 5.73 Å². The lowest BCUT2D eigenvalue weighted by atomic mass is 9.79. The standard InChI is InChI=1S/C14H23NO/c1-3-13(11-15)14(16,4-2)10-12-8-6-5-7-9-12/h5-9,13,16H,3-4,10-11,15H2,1-2H3. The molecule has 0 aliphatic carbocycles. The molecule has 0 bridgehead atoms. The average Bonchev–Trinajstić information content (AvgIpc) is 2.32. The summed E-state index contributed by atoms with van der Waals surface area (Å²) in [5.74, 6) is 0.178. The van der Waals surface area contributed by atoms with Crippen molar-refractivity contribution in [1.29, 1.82) is 0 Å². The van der Waals surface area contributed by atoms with Crippen molar-refractivity contribution >= 4 is 0 Å². The number of nitrogens with two attached hydrogens (primary N) is 1. The first kappa shape index (κ1) is 13.2. The van der Waals surface area contributed by atoms with Crippen LogP contribution in [0, 0.1) is 5.92 Å². The Morgan fingerprint density at radius 3 is 2.31 bits per heavy atom. The molecule has 0 heterocycles. The van der Waals surface area contributed by atoms with Crippen LogP contribution in [0.3, 0.4) is 0 Å². The Labute approximate surface area is 98.5 Å². The summed E-state index contributed by atoms with van der Waals surface area (Å²) in [5.41, 5.74) is 6.26. The maximum absolute atomic E-state index is 10.7. The predicted octanol–water partition coefficient (Wildman–Crippen LogP) is 2.36. The largest absolute Gasteiger partial charge is 0.389 e. The van der Waals surface area contributed by atoms with Gasteiger partial charge < -0.3 is 10.8 Å². The minimum absolute atomic E-state index is 0.178. The first-order valence-electron chi connectivity index (χ1n) is 6.12. The zero-order valence-corrected chi connectivity index (χ0v) is 10.3. The second-order valence-corrected chi connectivity index (χ2v) is 4.46. The van der Waals surface area contributed by atoms with Gasteiger partial charge in [-0.1, -0.05) is 44.2 Å². The molecule has 3 N–H and O–H groups in total. The minimum Gasteiger partial charge on any atom is -0.389 e. The van der Waals surface area contributed by atoms with Gasteiger partial charge in [0, 0.05) is 6.42 Å². The SMILES string of the molecule is CCC(CN)C(O)(CC)Cc1ccccc1. The third-order valence-electron chi connectivity index (χ3n) is 3.50. The Balaban J connectivity index is 2.81. The van der Waals surface area contributed by atoms with Crippen LogP contribution in [0.1, 0.15) is 32.3 Å². The third-order valence-corrected chi connectivity index (χ3v) is 3.50. The van der Waals surface area contributed by atoms with Crippen LogP contribution in [0.15, 0.2) is 30.3 Å². The molecule has 0 aromatic heterocycles. The molecule has 1 aromatic carbocycles. The molecular weight excluding hydrogens is 198 g/mol. The lowest BCUT2D eigenvalue weighted by Crippen LogP contribution is -2.43. The molecule has 1 aromatic rings. The van der Waals surface area contributed by atoms with E-state index < -0.39 is 5.60 Å². The topological polar surface area (TPSA) is 46.2 Å². The molecule has 0 aliphatic rings. The van der Waals surface area contributed by atoms with Crippen LogP contribution in [0.2, 0.25) is 0 Å². The average molecular weight is 221 g/mol. The van der Waals surface area contributed by atoms with E-state index in [1.54, 1.807) is 0 Å². The monoisotopic (exact) mass is 221 g/mol. The van der Waals surface area contributed by atoms with Crippen molar-refractivity contribution in [3.05, 3.63) is 35.9 Å². The molecule has 0 radical (unpaired) electrons. The molecule has 0 aliphatic heterocycles. The first-order chi connectivity index (χ1) is 7.66. The molecule has 1 rings (SSSR count). The van der Waals surface area contributed by atoms with E-state index in [0.717, 1.165) is 12.8 Å². The van der Waals surface area contributed by atoms with E-state index in [1.165, 1.54) is 5.56 Å². The van der Waals surface area contributed by atoms with E-state index in [1.807, 2.05) is 25.1 Å². The lowest BCUT2D eigenvalue weighted by Gasteiger charge is -2.34. The normalized spacial score (nSPS) is 16.8. The molecule has 90 valence electrons. The molecule has 2 unspecified atom stereocenters. The fourth-order valence-electron chi connectivity index (χ4n) is 2.27. The number of hydrogen-bond acceptors (Lipinski definition) is 2. The molecular formula is C14H23NO. The van der Waals surface area contributed by atoms with Gasteiger partial charge in [-0.3, -0.25) is 0 Å². The van der Waals surface area contributed by atoms with Gasteiger partial charge in [-0.2, -0.15) is 0 Å². The quantitative estimate of drug-likeness (QED) is 0.774. The van der Waals surface area contributed by atoms with E-state index in [0.29, 0.717) is 13.0 Å². The van der Waals surface area contributed by atoms with Crippen LogP contribution in [0.5, 0.6) is 0 Å². The van der Waals surface area contributed by atoms with Gasteiger partial charge in [-0.25, -0.2) is 0 Å². The van der Waals surface area contributed by atoms with Gasteiger partial charge in [0.05, 0.1) is 5.60 Å². The van der Waals surface area contributed by atoms with Crippen molar-refractivity contribution in [3.8, 4) is 0 Å². The molecule has 0 saturated heterocycles. The molecule has 16 heavy (non-hydrogen) atoms. The van der Waals surface area contributed by atoms with Gasteiger partial charge in [-0.15, -0.1) is 0 Å². The van der Waals surface area contributed by atoms with Crippen molar-refractivity contribution in [1.82, 2.24) is 0 Å². The summed E-state index contributed by atoms with van der Waals surface area (Å²) in [6.07, 6.45) is 2.37. The molecule has 0 fully saturated rings. The molecule has 0 amide bonds. The molecule has 2 atom stereocenters.